The van der Waals surface area contributed by atoms with Crippen LogP contribution >= 0.6 is 0 Å². The van der Waals surface area contributed by atoms with Crippen LogP contribution < -0.4 is 5.32 Å². The van der Waals surface area contributed by atoms with E-state index in [1.807, 2.05) is 7.11 Å². The van der Waals surface area contributed by atoms with E-state index in [0.29, 0.717) is 24.2 Å². The lowest BCUT2D eigenvalue weighted by Crippen LogP contribution is -2.59. The van der Waals surface area contributed by atoms with Gasteiger partial charge >= 0.3 is 0 Å². The Morgan fingerprint density at radius 3 is 2.88 bits per heavy atom. The molecule has 0 spiro atoms. The smallest absolute Gasteiger partial charge is 0.0726 e. The van der Waals surface area contributed by atoms with Crippen LogP contribution in [-0.2, 0) is 4.74 Å². The number of nitrogens with one attached hydrogen (secondary N) is 1. The van der Waals surface area contributed by atoms with Crippen molar-refractivity contribution in [3.05, 3.63) is 0 Å². The SMILES string of the molecule is CCCC1CN(C2CCCC2OC)C(C)CN1. The van der Waals surface area contributed by atoms with Crippen molar-refractivity contribution in [2.75, 3.05) is 20.2 Å². The Morgan fingerprint density at radius 2 is 2.18 bits per heavy atom. The lowest BCUT2D eigenvalue weighted by Gasteiger charge is -2.43. The zero-order valence-electron chi connectivity index (χ0n) is 11.6. The second kappa shape index (κ2) is 6.17. The molecule has 1 saturated carbocycles. The highest BCUT2D eigenvalue weighted by atomic mass is 16.5. The molecule has 0 amide bonds. The van der Waals surface area contributed by atoms with E-state index in [1.165, 1.54) is 38.6 Å². The molecule has 4 atom stereocenters. The standard InChI is InChI=1S/C14H28N2O/c1-4-6-12-10-16(11(2)9-15-12)13-7-5-8-14(13)17-3/h11-15H,4-10H2,1-3H3. The normalized spacial score (nSPS) is 39.7. The summed E-state index contributed by atoms with van der Waals surface area (Å²) in [6, 6.07) is 2.01. The van der Waals surface area contributed by atoms with E-state index >= 15 is 0 Å². The van der Waals surface area contributed by atoms with Crippen LogP contribution in [0.4, 0.5) is 0 Å². The summed E-state index contributed by atoms with van der Waals surface area (Å²) in [6.07, 6.45) is 6.94. The van der Waals surface area contributed by atoms with Gasteiger partial charge in [-0.25, -0.2) is 0 Å². The molecule has 0 bridgehead atoms. The fourth-order valence-corrected chi connectivity index (χ4v) is 3.52. The van der Waals surface area contributed by atoms with Crippen LogP contribution in [0.5, 0.6) is 0 Å². The highest BCUT2D eigenvalue weighted by Crippen LogP contribution is 2.29. The van der Waals surface area contributed by atoms with Gasteiger partial charge in [-0.1, -0.05) is 13.3 Å². The molecule has 2 aliphatic rings. The van der Waals surface area contributed by atoms with Gasteiger partial charge in [0, 0.05) is 38.3 Å². The van der Waals surface area contributed by atoms with Gasteiger partial charge in [0.15, 0.2) is 0 Å². The van der Waals surface area contributed by atoms with Crippen molar-refractivity contribution in [2.45, 2.75) is 70.2 Å². The minimum Gasteiger partial charge on any atom is -0.380 e. The van der Waals surface area contributed by atoms with Crippen molar-refractivity contribution in [1.82, 2.24) is 10.2 Å². The maximum atomic E-state index is 5.66. The van der Waals surface area contributed by atoms with Gasteiger partial charge in [-0.2, -0.15) is 0 Å². The van der Waals surface area contributed by atoms with E-state index in [-0.39, 0.29) is 0 Å². The largest absolute Gasteiger partial charge is 0.380 e. The zero-order chi connectivity index (χ0) is 12.3. The Bertz CT molecular complexity index is 234. The molecule has 2 rings (SSSR count). The van der Waals surface area contributed by atoms with Crippen LogP contribution in [0.15, 0.2) is 0 Å². The average Bonchev–Trinajstić information content (AvgIpc) is 2.80. The number of methoxy groups -OCH3 is 1. The minimum absolute atomic E-state index is 0.470. The Balaban J connectivity index is 1.96. The third-order valence-corrected chi connectivity index (χ3v) is 4.48. The van der Waals surface area contributed by atoms with Crippen molar-refractivity contribution in [3.8, 4) is 0 Å². The van der Waals surface area contributed by atoms with Gasteiger partial charge in [0.05, 0.1) is 6.10 Å². The van der Waals surface area contributed by atoms with Crippen LogP contribution in [0.25, 0.3) is 0 Å². The lowest BCUT2D eigenvalue weighted by molar-refractivity contribution is -0.0000815. The maximum absolute atomic E-state index is 5.66. The first-order valence-corrected chi connectivity index (χ1v) is 7.28. The number of hydrogen-bond donors (Lipinski definition) is 1. The fraction of sp³-hybridized carbons (Fsp3) is 1.00. The molecule has 1 N–H and O–H groups in total. The van der Waals surface area contributed by atoms with Crippen molar-refractivity contribution in [3.63, 3.8) is 0 Å². The van der Waals surface area contributed by atoms with Gasteiger partial charge in [0.2, 0.25) is 0 Å². The van der Waals surface area contributed by atoms with E-state index in [4.69, 9.17) is 4.74 Å². The van der Waals surface area contributed by atoms with Crippen LogP contribution in [0.2, 0.25) is 0 Å². The number of ether oxygens (including phenoxy) is 1. The summed E-state index contributed by atoms with van der Waals surface area (Å²) in [6.45, 7) is 6.97. The maximum Gasteiger partial charge on any atom is 0.0726 e. The van der Waals surface area contributed by atoms with Crippen molar-refractivity contribution < 1.29 is 4.74 Å². The Labute approximate surface area is 106 Å². The van der Waals surface area contributed by atoms with Crippen molar-refractivity contribution in [2.24, 2.45) is 0 Å². The summed E-state index contributed by atoms with van der Waals surface area (Å²) in [5.41, 5.74) is 0. The predicted octanol–water partition coefficient (Wildman–Crippen LogP) is 2.02. The van der Waals surface area contributed by atoms with Crippen LogP contribution in [0.3, 0.4) is 0 Å². The first-order chi connectivity index (χ1) is 8.26. The van der Waals surface area contributed by atoms with Crippen molar-refractivity contribution >= 4 is 0 Å². The van der Waals surface area contributed by atoms with Gasteiger partial charge in [0.1, 0.15) is 0 Å². The monoisotopic (exact) mass is 240 g/mol. The molecule has 3 heteroatoms. The molecule has 0 radical (unpaired) electrons. The van der Waals surface area contributed by atoms with E-state index in [9.17, 15) is 0 Å². The Hall–Kier alpha value is -0.120. The second-order valence-corrected chi connectivity index (χ2v) is 5.71. The summed E-state index contributed by atoms with van der Waals surface area (Å²) >= 11 is 0. The quantitative estimate of drug-likeness (QED) is 0.813. The number of hydrogen-bond acceptors (Lipinski definition) is 3. The predicted molar refractivity (Wildman–Crippen MR) is 71.3 cm³/mol. The first-order valence-electron chi connectivity index (χ1n) is 7.28. The van der Waals surface area contributed by atoms with E-state index in [0.717, 1.165) is 6.54 Å². The molecule has 1 aliphatic heterocycles. The molecule has 3 nitrogen and oxygen atoms in total. The summed E-state index contributed by atoms with van der Waals surface area (Å²) in [5, 5.41) is 3.67. The molecule has 4 unspecified atom stereocenters. The van der Waals surface area contributed by atoms with Crippen LogP contribution in [0, 0.1) is 0 Å². The molecule has 0 aromatic carbocycles. The summed E-state index contributed by atoms with van der Waals surface area (Å²) in [4.78, 5) is 2.71. The molecule has 100 valence electrons. The number of rotatable bonds is 4. The van der Waals surface area contributed by atoms with Crippen LogP contribution in [-0.4, -0.2) is 49.3 Å². The molecular formula is C14H28N2O. The molecule has 0 aromatic rings. The third-order valence-electron chi connectivity index (χ3n) is 4.48. The summed E-state index contributed by atoms with van der Waals surface area (Å²) in [7, 11) is 1.87. The molecule has 0 aromatic heterocycles. The molecular weight excluding hydrogens is 212 g/mol. The first kappa shape index (κ1) is 13.3. The number of piperazine rings is 1. The van der Waals surface area contributed by atoms with E-state index < -0.39 is 0 Å². The fourth-order valence-electron chi connectivity index (χ4n) is 3.52. The minimum atomic E-state index is 0.470. The summed E-state index contributed by atoms with van der Waals surface area (Å²) < 4.78 is 5.66. The number of nitrogens with zero attached hydrogens (tertiary/aromatic N) is 1. The Kier molecular flexibility index (Phi) is 4.83. The third kappa shape index (κ3) is 3.01. The Morgan fingerprint density at radius 1 is 1.35 bits per heavy atom. The molecule has 1 aliphatic carbocycles. The zero-order valence-corrected chi connectivity index (χ0v) is 11.6. The van der Waals surface area contributed by atoms with E-state index in [1.54, 1.807) is 0 Å². The topological polar surface area (TPSA) is 24.5 Å². The van der Waals surface area contributed by atoms with Gasteiger partial charge in [-0.3, -0.25) is 4.90 Å². The van der Waals surface area contributed by atoms with Crippen LogP contribution in [0.1, 0.15) is 46.0 Å². The molecule has 17 heavy (non-hydrogen) atoms. The lowest BCUT2D eigenvalue weighted by atomic mass is 10.0. The molecule has 2 fully saturated rings. The summed E-state index contributed by atoms with van der Waals surface area (Å²) in [5.74, 6) is 0. The highest BCUT2D eigenvalue weighted by Gasteiger charge is 2.37. The highest BCUT2D eigenvalue weighted by molar-refractivity contribution is 4.93. The molecule has 1 saturated heterocycles. The average molecular weight is 240 g/mol. The van der Waals surface area contributed by atoms with E-state index in [2.05, 4.69) is 24.1 Å². The second-order valence-electron chi connectivity index (χ2n) is 5.71. The van der Waals surface area contributed by atoms with Gasteiger partial charge in [-0.05, 0) is 32.6 Å². The molecule has 1 heterocycles. The van der Waals surface area contributed by atoms with Crippen molar-refractivity contribution in [1.29, 1.82) is 0 Å². The van der Waals surface area contributed by atoms with Gasteiger partial charge in [0.25, 0.3) is 0 Å². The van der Waals surface area contributed by atoms with Gasteiger partial charge < -0.3 is 10.1 Å². The van der Waals surface area contributed by atoms with Gasteiger partial charge in [-0.15, -0.1) is 0 Å².